The van der Waals surface area contributed by atoms with E-state index in [2.05, 4.69) is 25.5 Å². The quantitative estimate of drug-likeness (QED) is 0.309. The summed E-state index contributed by atoms with van der Waals surface area (Å²) in [5, 5.41) is 10.6. The second kappa shape index (κ2) is 11.7. The zero-order chi connectivity index (χ0) is 26.5. The number of nitrogens with zero attached hydrogens (tertiary/aromatic N) is 3. The van der Waals surface area contributed by atoms with Gasteiger partial charge in [0.2, 0.25) is 5.82 Å². The molecule has 3 heterocycles. The van der Waals surface area contributed by atoms with Gasteiger partial charge >= 0.3 is 0 Å². The number of aromatic amines is 1. The maximum absolute atomic E-state index is 14.8. The molecular weight excluding hydrogens is 516 g/mol. The van der Waals surface area contributed by atoms with Gasteiger partial charge in [-0.3, -0.25) is 4.79 Å². The Hall–Kier alpha value is -3.89. The molecule has 2 aromatic heterocycles. The number of rotatable bonds is 8. The van der Waals surface area contributed by atoms with Gasteiger partial charge in [0.05, 0.1) is 11.6 Å². The number of halogens is 3. The van der Waals surface area contributed by atoms with Crippen LogP contribution in [0.25, 0.3) is 11.1 Å². The van der Waals surface area contributed by atoms with Crippen molar-refractivity contribution < 1.29 is 23.0 Å². The van der Waals surface area contributed by atoms with Crippen LogP contribution >= 0.6 is 11.6 Å². The first kappa shape index (κ1) is 25.7. The van der Waals surface area contributed by atoms with Crippen molar-refractivity contribution in [2.24, 2.45) is 5.92 Å². The Balaban J connectivity index is 1.29. The fraction of sp³-hybridized carbons (Fsp3) is 0.259. The minimum absolute atomic E-state index is 0.0793. The first-order chi connectivity index (χ1) is 18.5. The van der Waals surface area contributed by atoms with Crippen LogP contribution in [0.1, 0.15) is 34.8 Å². The van der Waals surface area contributed by atoms with Gasteiger partial charge in [-0.25, -0.2) is 13.8 Å². The normalized spacial score (nSPS) is 13.9. The number of pyridine rings is 1. The summed E-state index contributed by atoms with van der Waals surface area (Å²) in [6, 6.07) is 12.2. The fourth-order valence-corrected chi connectivity index (χ4v) is 4.32. The molecule has 1 aliphatic heterocycles. The third-order valence-electron chi connectivity index (χ3n) is 6.22. The topological polar surface area (TPSA) is 102 Å². The van der Waals surface area contributed by atoms with Gasteiger partial charge < -0.3 is 19.8 Å². The molecule has 196 valence electrons. The van der Waals surface area contributed by atoms with E-state index in [-0.39, 0.29) is 34.5 Å². The number of hydrogen-bond acceptors (Lipinski definition) is 6. The fourth-order valence-electron chi connectivity index (χ4n) is 4.12. The van der Waals surface area contributed by atoms with E-state index in [4.69, 9.17) is 21.1 Å². The number of aromatic nitrogens is 4. The Morgan fingerprint density at radius 2 is 1.89 bits per heavy atom. The third-order valence-corrected chi connectivity index (χ3v) is 6.52. The van der Waals surface area contributed by atoms with E-state index in [0.29, 0.717) is 48.4 Å². The molecule has 38 heavy (non-hydrogen) atoms. The lowest BCUT2D eigenvalue weighted by molar-refractivity contribution is 0.0497. The van der Waals surface area contributed by atoms with Crippen LogP contribution in [0.15, 0.2) is 54.7 Å². The highest BCUT2D eigenvalue weighted by Gasteiger charge is 2.18. The molecule has 1 saturated heterocycles. The molecule has 8 nitrogen and oxygen atoms in total. The molecule has 0 saturated carbocycles. The van der Waals surface area contributed by atoms with Crippen LogP contribution in [0.2, 0.25) is 5.02 Å². The molecule has 2 N–H and O–H groups in total. The Bertz CT molecular complexity index is 1440. The summed E-state index contributed by atoms with van der Waals surface area (Å²) in [6.07, 6.45) is 3.31. The lowest BCUT2D eigenvalue weighted by atomic mass is 10.0. The van der Waals surface area contributed by atoms with Crippen molar-refractivity contribution in [3.05, 3.63) is 88.6 Å². The highest BCUT2D eigenvalue weighted by Crippen LogP contribution is 2.34. The second-order valence-electron chi connectivity index (χ2n) is 8.90. The van der Waals surface area contributed by atoms with Crippen molar-refractivity contribution in [3.8, 4) is 16.9 Å². The van der Waals surface area contributed by atoms with Crippen molar-refractivity contribution in [2.45, 2.75) is 19.3 Å². The molecule has 0 aliphatic carbocycles. The number of hydrogen-bond donors (Lipinski definition) is 2. The van der Waals surface area contributed by atoms with Crippen LogP contribution in [0.4, 0.5) is 14.6 Å². The molecule has 0 radical (unpaired) electrons. The molecule has 1 amide bonds. The van der Waals surface area contributed by atoms with Crippen molar-refractivity contribution in [3.63, 3.8) is 0 Å². The van der Waals surface area contributed by atoms with Crippen molar-refractivity contribution >= 4 is 23.3 Å². The van der Waals surface area contributed by atoms with Crippen molar-refractivity contribution in [1.29, 1.82) is 0 Å². The monoisotopic (exact) mass is 539 g/mol. The van der Waals surface area contributed by atoms with Gasteiger partial charge in [0, 0.05) is 37.0 Å². The van der Waals surface area contributed by atoms with Crippen LogP contribution in [0.3, 0.4) is 0 Å². The Kier molecular flexibility index (Phi) is 7.90. The predicted octanol–water partition coefficient (Wildman–Crippen LogP) is 5.45. The lowest BCUT2D eigenvalue weighted by Gasteiger charge is -2.22. The van der Waals surface area contributed by atoms with E-state index in [1.54, 1.807) is 30.3 Å². The molecule has 0 unspecified atom stereocenters. The number of ether oxygens (including phenoxy) is 2. The summed E-state index contributed by atoms with van der Waals surface area (Å²) < 4.78 is 40.0. The number of carbonyl (C=O) groups is 1. The summed E-state index contributed by atoms with van der Waals surface area (Å²) in [5.41, 5.74) is 0.966. The van der Waals surface area contributed by atoms with Crippen molar-refractivity contribution in [1.82, 2.24) is 20.2 Å². The van der Waals surface area contributed by atoms with E-state index in [1.807, 2.05) is 0 Å². The van der Waals surface area contributed by atoms with Crippen LogP contribution in [0, 0.1) is 17.6 Å². The number of benzene rings is 2. The standard InChI is InChI=1S/C27H24ClF2N5O3/c28-21-14-31-24(33-27(36)26-32-25(34-35-26)11-17-3-1-2-4-22(17)29)13-19(21)20-12-18(5-6-23(20)30)38-15-16-7-9-37-10-8-16/h1-6,12-14,16H,7-11,15H2,(H,31,33,36)(H,32,34,35). The van der Waals surface area contributed by atoms with Crippen LogP contribution in [-0.4, -0.2) is 45.9 Å². The van der Waals surface area contributed by atoms with Gasteiger partial charge in [0.15, 0.2) is 0 Å². The summed E-state index contributed by atoms with van der Waals surface area (Å²) >= 11 is 6.34. The number of anilines is 1. The van der Waals surface area contributed by atoms with Gasteiger partial charge in [0.25, 0.3) is 5.91 Å². The lowest BCUT2D eigenvalue weighted by Crippen LogP contribution is -2.21. The third kappa shape index (κ3) is 6.15. The zero-order valence-electron chi connectivity index (χ0n) is 20.2. The molecule has 0 atom stereocenters. The molecule has 2 aromatic carbocycles. The van der Waals surface area contributed by atoms with Crippen LogP contribution in [0.5, 0.6) is 5.75 Å². The first-order valence-electron chi connectivity index (χ1n) is 12.1. The predicted molar refractivity (Wildman–Crippen MR) is 137 cm³/mol. The molecular formula is C27H24ClF2N5O3. The molecule has 11 heteroatoms. The summed E-state index contributed by atoms with van der Waals surface area (Å²) in [6.45, 7) is 1.94. The Morgan fingerprint density at radius 3 is 2.71 bits per heavy atom. The largest absolute Gasteiger partial charge is 0.493 e. The summed E-state index contributed by atoms with van der Waals surface area (Å²) in [4.78, 5) is 19.7. The van der Waals surface area contributed by atoms with E-state index >= 15 is 0 Å². The average molecular weight is 540 g/mol. The Labute approximate surface area is 222 Å². The van der Waals surface area contributed by atoms with Gasteiger partial charge in [-0.1, -0.05) is 29.8 Å². The zero-order valence-corrected chi connectivity index (χ0v) is 21.0. The minimum Gasteiger partial charge on any atom is -0.493 e. The van der Waals surface area contributed by atoms with E-state index in [0.717, 1.165) is 12.8 Å². The van der Waals surface area contributed by atoms with Crippen LogP contribution in [-0.2, 0) is 11.2 Å². The summed E-state index contributed by atoms with van der Waals surface area (Å²) in [5.74, 6) is -0.224. The SMILES string of the molecule is O=C(Nc1cc(-c2cc(OCC3CCOCC3)ccc2F)c(Cl)cn1)c1nnc(Cc2ccccc2F)[nH]1. The maximum atomic E-state index is 14.8. The minimum atomic E-state index is -0.618. The molecule has 0 bridgehead atoms. The van der Waals surface area contributed by atoms with Crippen molar-refractivity contribution in [2.75, 3.05) is 25.1 Å². The first-order valence-corrected chi connectivity index (χ1v) is 12.5. The highest BCUT2D eigenvalue weighted by atomic mass is 35.5. The molecule has 1 aliphatic rings. The molecule has 1 fully saturated rings. The van der Waals surface area contributed by atoms with E-state index in [1.165, 1.54) is 24.4 Å². The van der Waals surface area contributed by atoms with E-state index in [9.17, 15) is 13.6 Å². The molecule has 4 aromatic rings. The van der Waals surface area contributed by atoms with E-state index < -0.39 is 11.7 Å². The number of amides is 1. The Morgan fingerprint density at radius 1 is 1.08 bits per heavy atom. The second-order valence-corrected chi connectivity index (χ2v) is 9.31. The maximum Gasteiger partial charge on any atom is 0.294 e. The number of nitrogens with one attached hydrogen (secondary N) is 2. The highest BCUT2D eigenvalue weighted by molar-refractivity contribution is 6.33. The van der Waals surface area contributed by atoms with Gasteiger partial charge in [-0.2, -0.15) is 0 Å². The van der Waals surface area contributed by atoms with Gasteiger partial charge in [-0.05, 0) is 54.7 Å². The number of carbonyl (C=O) groups excluding carboxylic acids is 1. The smallest absolute Gasteiger partial charge is 0.294 e. The summed E-state index contributed by atoms with van der Waals surface area (Å²) in [7, 11) is 0. The van der Waals surface area contributed by atoms with Crippen LogP contribution < -0.4 is 10.1 Å². The van der Waals surface area contributed by atoms with Gasteiger partial charge in [-0.15, -0.1) is 10.2 Å². The molecule has 0 spiro atoms. The molecule has 5 rings (SSSR count). The van der Waals surface area contributed by atoms with Gasteiger partial charge in [0.1, 0.15) is 29.0 Å². The average Bonchev–Trinajstić information content (AvgIpc) is 3.40. The number of H-pyrrole nitrogens is 1.